The molecule has 2 unspecified atom stereocenters. The number of para-hydroxylation sites is 1. The average Bonchev–Trinajstić information content (AvgIpc) is 3.50. The number of amides is 1. The van der Waals surface area contributed by atoms with Crippen LogP contribution >= 0.6 is 11.3 Å². The molecule has 36 heavy (non-hydrogen) atoms. The highest BCUT2D eigenvalue weighted by molar-refractivity contribution is 7.09. The minimum Gasteiger partial charge on any atom is -0.372 e. The second kappa shape index (κ2) is 10.9. The van der Waals surface area contributed by atoms with Gasteiger partial charge < -0.3 is 14.6 Å². The zero-order chi connectivity index (χ0) is 25.1. The van der Waals surface area contributed by atoms with Gasteiger partial charge in [0.25, 0.3) is 5.91 Å². The highest BCUT2D eigenvalue weighted by Crippen LogP contribution is 2.21. The van der Waals surface area contributed by atoms with Crippen LogP contribution < -0.4 is 0 Å². The van der Waals surface area contributed by atoms with Gasteiger partial charge in [0, 0.05) is 48.7 Å². The van der Waals surface area contributed by atoms with E-state index in [1.165, 1.54) is 27.6 Å². The van der Waals surface area contributed by atoms with Crippen LogP contribution in [-0.2, 0) is 24.2 Å². The summed E-state index contributed by atoms with van der Waals surface area (Å²) in [6, 6.07) is 17.2. The van der Waals surface area contributed by atoms with Crippen molar-refractivity contribution in [2.24, 2.45) is 0 Å². The first-order chi connectivity index (χ1) is 17.4. The molecule has 5 rings (SSSR count). The van der Waals surface area contributed by atoms with Gasteiger partial charge in [-0.2, -0.15) is 0 Å². The predicted octanol–water partition coefficient (Wildman–Crippen LogP) is 5.43. The van der Waals surface area contributed by atoms with E-state index in [1.807, 2.05) is 24.1 Å². The Morgan fingerprint density at radius 2 is 1.86 bits per heavy atom. The van der Waals surface area contributed by atoms with Gasteiger partial charge in [0.15, 0.2) is 0 Å². The summed E-state index contributed by atoms with van der Waals surface area (Å²) in [7, 11) is 0. The number of hydrogen-bond donors (Lipinski definition) is 1. The smallest absolute Gasteiger partial charge is 0.273 e. The number of H-pyrrole nitrogens is 1. The number of carbonyl (C=O) groups excluding carboxylic acids is 1. The van der Waals surface area contributed by atoms with E-state index in [1.54, 1.807) is 11.3 Å². The topological polar surface area (TPSA) is 61.5 Å². The Morgan fingerprint density at radius 1 is 1.11 bits per heavy atom. The number of benzene rings is 2. The Hall–Kier alpha value is -3.00. The molecule has 7 heteroatoms. The molecule has 1 amide bonds. The zero-order valence-electron chi connectivity index (χ0n) is 21.2. The molecule has 2 atom stereocenters. The number of fused-ring (bicyclic) bond motifs is 1. The van der Waals surface area contributed by atoms with Crippen LogP contribution in [0.25, 0.3) is 10.9 Å². The van der Waals surface area contributed by atoms with Crippen LogP contribution in [0, 0.1) is 6.92 Å². The molecule has 3 heterocycles. The van der Waals surface area contributed by atoms with Gasteiger partial charge in [0.2, 0.25) is 0 Å². The maximum atomic E-state index is 13.1. The van der Waals surface area contributed by atoms with Crippen molar-refractivity contribution in [3.05, 3.63) is 87.5 Å². The van der Waals surface area contributed by atoms with E-state index in [4.69, 9.17) is 9.72 Å². The van der Waals surface area contributed by atoms with E-state index in [2.05, 4.69) is 71.5 Å². The molecule has 0 saturated carbocycles. The van der Waals surface area contributed by atoms with Crippen LogP contribution in [0.3, 0.4) is 0 Å². The summed E-state index contributed by atoms with van der Waals surface area (Å²) in [5.74, 6) is 0.00313. The molecule has 1 aliphatic heterocycles. The highest BCUT2D eigenvalue weighted by atomic mass is 32.1. The molecule has 4 aromatic rings. The number of carbonyl (C=O) groups is 1. The van der Waals surface area contributed by atoms with Crippen LogP contribution in [0.15, 0.2) is 60.1 Å². The fourth-order valence-electron chi connectivity index (χ4n) is 4.96. The third-order valence-electron chi connectivity index (χ3n) is 6.74. The van der Waals surface area contributed by atoms with E-state index < -0.39 is 0 Å². The van der Waals surface area contributed by atoms with Crippen LogP contribution in [0.1, 0.15) is 46.0 Å². The first kappa shape index (κ1) is 24.7. The van der Waals surface area contributed by atoms with Gasteiger partial charge >= 0.3 is 0 Å². The van der Waals surface area contributed by atoms with Gasteiger partial charge in [-0.05, 0) is 44.4 Å². The van der Waals surface area contributed by atoms with E-state index in [9.17, 15) is 4.79 Å². The summed E-state index contributed by atoms with van der Waals surface area (Å²) in [5.41, 5.74) is 5.59. The third kappa shape index (κ3) is 5.86. The Balaban J connectivity index is 1.30. The summed E-state index contributed by atoms with van der Waals surface area (Å²) < 4.78 is 5.79. The Bertz CT molecular complexity index is 1300. The van der Waals surface area contributed by atoms with E-state index >= 15 is 0 Å². The van der Waals surface area contributed by atoms with Crippen LogP contribution in [-0.4, -0.2) is 57.5 Å². The predicted molar refractivity (Wildman–Crippen MR) is 145 cm³/mol. The van der Waals surface area contributed by atoms with Crippen LogP contribution in [0.5, 0.6) is 0 Å². The number of aromatic amines is 1. The molecule has 2 aromatic carbocycles. The van der Waals surface area contributed by atoms with Crippen molar-refractivity contribution in [2.75, 3.05) is 19.6 Å². The molecule has 188 valence electrons. The van der Waals surface area contributed by atoms with Gasteiger partial charge in [-0.1, -0.05) is 48.0 Å². The lowest BCUT2D eigenvalue weighted by molar-refractivity contribution is -0.0587. The molecule has 1 N–H and O–H groups in total. The number of aromatic nitrogens is 2. The summed E-state index contributed by atoms with van der Waals surface area (Å²) in [5, 5.41) is 4.16. The van der Waals surface area contributed by atoms with Gasteiger partial charge in [-0.25, -0.2) is 4.98 Å². The Kier molecular flexibility index (Phi) is 7.51. The van der Waals surface area contributed by atoms with Gasteiger partial charge in [-0.3, -0.25) is 9.69 Å². The molecule has 1 saturated heterocycles. The molecule has 0 bridgehead atoms. The normalized spacial score (nSPS) is 18.3. The molecule has 0 radical (unpaired) electrons. The summed E-state index contributed by atoms with van der Waals surface area (Å²) >= 11 is 1.57. The summed E-state index contributed by atoms with van der Waals surface area (Å²) in [6.45, 7) is 9.81. The van der Waals surface area contributed by atoms with E-state index in [-0.39, 0.29) is 18.1 Å². The number of ether oxygens (including phenoxy) is 1. The number of thiazole rings is 1. The summed E-state index contributed by atoms with van der Waals surface area (Å²) in [6.07, 6.45) is 3.16. The number of nitrogens with one attached hydrogen (secondary N) is 1. The zero-order valence-corrected chi connectivity index (χ0v) is 22.1. The minimum atomic E-state index is 0.00313. The lowest BCUT2D eigenvalue weighted by Gasteiger charge is -2.34. The molecule has 1 fully saturated rings. The number of nitrogens with zero attached hydrogens (tertiary/aromatic N) is 3. The van der Waals surface area contributed by atoms with E-state index in [0.717, 1.165) is 24.5 Å². The molecule has 1 aliphatic rings. The van der Waals surface area contributed by atoms with Crippen molar-refractivity contribution >= 4 is 28.1 Å². The number of hydrogen-bond acceptors (Lipinski definition) is 5. The SMILES string of the molecule is Cc1ccc(CN(CCc2c[nH]c3ccccc23)Cc2nc(C(=O)N3CC(C)OC(C)C3)cs2)cc1. The van der Waals surface area contributed by atoms with E-state index in [0.29, 0.717) is 25.3 Å². The second-order valence-corrected chi connectivity index (χ2v) is 10.8. The van der Waals surface area contributed by atoms with Gasteiger partial charge in [0.1, 0.15) is 10.7 Å². The van der Waals surface area contributed by atoms with Crippen molar-refractivity contribution in [1.29, 1.82) is 0 Å². The van der Waals surface area contributed by atoms with Crippen molar-refractivity contribution < 1.29 is 9.53 Å². The quantitative estimate of drug-likeness (QED) is 0.349. The second-order valence-electron chi connectivity index (χ2n) is 9.90. The fraction of sp³-hybridized carbons (Fsp3) is 0.379. The standard InChI is InChI=1S/C29H34N4O2S/c1-20-8-10-23(11-9-20)17-32(13-12-24-14-30-26-7-5-4-6-25(24)26)18-28-31-27(19-36-28)29(34)33-15-21(2)35-22(3)16-33/h4-11,14,19,21-22,30H,12-13,15-18H2,1-3H3. The Labute approximate surface area is 216 Å². The summed E-state index contributed by atoms with van der Waals surface area (Å²) in [4.78, 5) is 25.6. The molecule has 2 aromatic heterocycles. The maximum Gasteiger partial charge on any atom is 0.273 e. The molecular formula is C29H34N4O2S. The Morgan fingerprint density at radius 3 is 2.64 bits per heavy atom. The lowest BCUT2D eigenvalue weighted by Crippen LogP contribution is -2.48. The number of rotatable bonds is 8. The molecule has 0 spiro atoms. The highest BCUT2D eigenvalue weighted by Gasteiger charge is 2.28. The average molecular weight is 503 g/mol. The van der Waals surface area contributed by atoms with Crippen LogP contribution in [0.2, 0.25) is 0 Å². The van der Waals surface area contributed by atoms with Crippen molar-refractivity contribution in [1.82, 2.24) is 19.8 Å². The molecule has 0 aliphatic carbocycles. The largest absolute Gasteiger partial charge is 0.372 e. The van der Waals surface area contributed by atoms with Gasteiger partial charge in [0.05, 0.1) is 18.8 Å². The fourth-order valence-corrected chi connectivity index (χ4v) is 5.77. The minimum absolute atomic E-state index is 0.00313. The first-order valence-electron chi connectivity index (χ1n) is 12.7. The number of aryl methyl sites for hydroxylation is 1. The van der Waals surface area contributed by atoms with Crippen molar-refractivity contribution in [3.8, 4) is 0 Å². The maximum absolute atomic E-state index is 13.1. The molecular weight excluding hydrogens is 468 g/mol. The molecule has 6 nitrogen and oxygen atoms in total. The van der Waals surface area contributed by atoms with Crippen molar-refractivity contribution in [3.63, 3.8) is 0 Å². The monoisotopic (exact) mass is 502 g/mol. The lowest BCUT2D eigenvalue weighted by atomic mass is 10.1. The number of morpholine rings is 1. The first-order valence-corrected chi connectivity index (χ1v) is 13.5. The van der Waals surface area contributed by atoms with Crippen LogP contribution in [0.4, 0.5) is 0 Å². The third-order valence-corrected chi connectivity index (χ3v) is 7.57. The van der Waals surface area contributed by atoms with Crippen molar-refractivity contribution in [2.45, 2.75) is 52.5 Å². The van der Waals surface area contributed by atoms with Gasteiger partial charge in [-0.15, -0.1) is 11.3 Å².